The minimum absolute atomic E-state index is 0.142. The van der Waals surface area contributed by atoms with Crippen molar-refractivity contribution in [2.45, 2.75) is 38.1 Å². The van der Waals surface area contributed by atoms with E-state index in [0.717, 1.165) is 22.9 Å². The topological polar surface area (TPSA) is 66.4 Å². The van der Waals surface area contributed by atoms with Gasteiger partial charge in [-0.3, -0.25) is 4.79 Å². The zero-order chi connectivity index (χ0) is 14.9. The summed E-state index contributed by atoms with van der Waals surface area (Å²) in [4.78, 5) is 23.6. The van der Waals surface area contributed by atoms with Crippen LogP contribution < -0.4 is 5.32 Å². The number of carboxylic acid groups (broad SMARTS) is 1. The molecule has 2 N–H and O–H groups in total. The third-order valence-corrected chi connectivity index (χ3v) is 4.33. The van der Waals surface area contributed by atoms with Gasteiger partial charge in [0, 0.05) is 4.47 Å². The molecule has 1 aliphatic rings. The fourth-order valence-corrected chi connectivity index (χ4v) is 2.60. The van der Waals surface area contributed by atoms with Crippen molar-refractivity contribution in [2.24, 2.45) is 5.92 Å². The van der Waals surface area contributed by atoms with Gasteiger partial charge in [0.15, 0.2) is 0 Å². The van der Waals surface area contributed by atoms with Crippen LogP contribution in [-0.4, -0.2) is 23.0 Å². The highest BCUT2D eigenvalue weighted by atomic mass is 79.9. The smallest absolute Gasteiger partial charge is 0.326 e. The average Bonchev–Trinajstić information content (AvgIpc) is 3.17. The maximum absolute atomic E-state index is 12.4. The van der Waals surface area contributed by atoms with Crippen molar-refractivity contribution in [2.75, 3.05) is 0 Å². The first-order chi connectivity index (χ1) is 9.36. The maximum atomic E-state index is 12.4. The van der Waals surface area contributed by atoms with Crippen LogP contribution in [0.2, 0.25) is 0 Å². The number of amides is 1. The minimum atomic E-state index is -0.986. The monoisotopic (exact) mass is 339 g/mol. The van der Waals surface area contributed by atoms with Gasteiger partial charge >= 0.3 is 5.97 Å². The van der Waals surface area contributed by atoms with Crippen LogP contribution in [0.1, 0.15) is 32.3 Å². The SMILES string of the molecule is CC(C)[C@H](NC(=O)C1(c2ccc(Br)cc2)CC1)C(=O)O. The van der Waals surface area contributed by atoms with Gasteiger partial charge in [-0.2, -0.15) is 0 Å². The Labute approximate surface area is 126 Å². The number of carboxylic acids is 1. The number of nitrogens with one attached hydrogen (secondary N) is 1. The van der Waals surface area contributed by atoms with E-state index in [0.29, 0.717) is 0 Å². The second-order valence-corrected chi connectivity index (χ2v) is 6.54. The molecule has 1 fully saturated rings. The molecule has 20 heavy (non-hydrogen) atoms. The Morgan fingerprint density at radius 1 is 1.25 bits per heavy atom. The Kier molecular flexibility index (Phi) is 4.18. The van der Waals surface area contributed by atoms with Crippen molar-refractivity contribution in [1.29, 1.82) is 0 Å². The number of hydrogen-bond acceptors (Lipinski definition) is 2. The second-order valence-electron chi connectivity index (χ2n) is 5.62. The summed E-state index contributed by atoms with van der Waals surface area (Å²) in [5, 5.41) is 11.8. The molecule has 1 amide bonds. The zero-order valence-corrected chi connectivity index (χ0v) is 13.1. The summed E-state index contributed by atoms with van der Waals surface area (Å²) in [5.41, 5.74) is 0.412. The van der Waals surface area contributed by atoms with E-state index in [2.05, 4.69) is 21.2 Å². The van der Waals surface area contributed by atoms with Crippen LogP contribution >= 0.6 is 15.9 Å². The Balaban J connectivity index is 2.16. The molecule has 0 saturated heterocycles. The Morgan fingerprint density at radius 3 is 2.20 bits per heavy atom. The summed E-state index contributed by atoms with van der Waals surface area (Å²) in [6.07, 6.45) is 1.54. The molecular formula is C15H18BrNO3. The van der Waals surface area contributed by atoms with Gasteiger partial charge in [0.05, 0.1) is 5.41 Å². The number of halogens is 1. The minimum Gasteiger partial charge on any atom is -0.480 e. The quantitative estimate of drug-likeness (QED) is 0.866. The second kappa shape index (κ2) is 5.56. The molecule has 108 valence electrons. The van der Waals surface area contributed by atoms with E-state index in [1.165, 1.54) is 0 Å². The Morgan fingerprint density at radius 2 is 1.80 bits per heavy atom. The fraction of sp³-hybridized carbons (Fsp3) is 0.467. The summed E-state index contributed by atoms with van der Waals surface area (Å²) < 4.78 is 0.961. The average molecular weight is 340 g/mol. The summed E-state index contributed by atoms with van der Waals surface area (Å²) in [6, 6.07) is 6.80. The summed E-state index contributed by atoms with van der Waals surface area (Å²) in [7, 11) is 0. The molecule has 2 rings (SSSR count). The summed E-state index contributed by atoms with van der Waals surface area (Å²) in [6.45, 7) is 3.58. The number of benzene rings is 1. The molecule has 0 heterocycles. The van der Waals surface area contributed by atoms with Crippen molar-refractivity contribution in [1.82, 2.24) is 5.32 Å². The molecule has 0 radical (unpaired) electrons. The number of aliphatic carboxylic acids is 1. The lowest BCUT2D eigenvalue weighted by atomic mass is 9.93. The molecule has 1 saturated carbocycles. The van der Waals surface area contributed by atoms with Crippen LogP contribution in [-0.2, 0) is 15.0 Å². The van der Waals surface area contributed by atoms with Crippen LogP contribution in [0.15, 0.2) is 28.7 Å². The van der Waals surface area contributed by atoms with E-state index < -0.39 is 17.4 Å². The largest absolute Gasteiger partial charge is 0.480 e. The number of hydrogen-bond donors (Lipinski definition) is 2. The van der Waals surface area contributed by atoms with E-state index in [-0.39, 0.29) is 11.8 Å². The molecule has 0 unspecified atom stereocenters. The molecule has 1 aliphatic carbocycles. The van der Waals surface area contributed by atoms with E-state index in [1.807, 2.05) is 24.3 Å². The molecule has 1 aromatic rings. The van der Waals surface area contributed by atoms with E-state index in [9.17, 15) is 9.59 Å². The zero-order valence-electron chi connectivity index (χ0n) is 11.5. The maximum Gasteiger partial charge on any atom is 0.326 e. The van der Waals surface area contributed by atoms with Gasteiger partial charge in [0.1, 0.15) is 6.04 Å². The normalized spacial score (nSPS) is 17.6. The number of rotatable bonds is 5. The molecule has 0 aromatic heterocycles. The van der Waals surface area contributed by atoms with Gasteiger partial charge in [-0.25, -0.2) is 4.79 Å². The van der Waals surface area contributed by atoms with Gasteiger partial charge in [-0.15, -0.1) is 0 Å². The fourth-order valence-electron chi connectivity index (χ4n) is 2.33. The lowest BCUT2D eigenvalue weighted by Gasteiger charge is -2.22. The number of carbonyl (C=O) groups excluding carboxylic acids is 1. The first-order valence-corrected chi connectivity index (χ1v) is 7.46. The highest BCUT2D eigenvalue weighted by Gasteiger charge is 2.52. The molecule has 0 bridgehead atoms. The van der Waals surface area contributed by atoms with E-state index >= 15 is 0 Å². The van der Waals surface area contributed by atoms with Gasteiger partial charge < -0.3 is 10.4 Å². The third-order valence-electron chi connectivity index (χ3n) is 3.80. The van der Waals surface area contributed by atoms with Crippen molar-refractivity contribution in [3.63, 3.8) is 0 Å². The molecular weight excluding hydrogens is 322 g/mol. The van der Waals surface area contributed by atoms with Gasteiger partial charge in [-0.05, 0) is 36.5 Å². The van der Waals surface area contributed by atoms with Crippen molar-refractivity contribution in [3.05, 3.63) is 34.3 Å². The van der Waals surface area contributed by atoms with Crippen LogP contribution in [0.3, 0.4) is 0 Å². The standard InChI is InChI=1S/C15H18BrNO3/c1-9(2)12(13(18)19)17-14(20)15(7-8-15)10-3-5-11(16)6-4-10/h3-6,9,12H,7-8H2,1-2H3,(H,17,20)(H,18,19)/t12-/m0/s1. The van der Waals surface area contributed by atoms with Gasteiger partial charge in [0.2, 0.25) is 5.91 Å². The molecule has 4 nitrogen and oxygen atoms in total. The third kappa shape index (κ3) is 2.87. The van der Waals surface area contributed by atoms with E-state index in [1.54, 1.807) is 13.8 Å². The highest BCUT2D eigenvalue weighted by Crippen LogP contribution is 2.48. The molecule has 1 aromatic carbocycles. The predicted octanol–water partition coefficient (Wildman–Crippen LogP) is 2.71. The Bertz CT molecular complexity index is 520. The first kappa shape index (κ1) is 15.0. The van der Waals surface area contributed by atoms with Crippen molar-refractivity contribution in [3.8, 4) is 0 Å². The van der Waals surface area contributed by atoms with Crippen LogP contribution in [0.5, 0.6) is 0 Å². The molecule has 0 aliphatic heterocycles. The molecule has 5 heteroatoms. The van der Waals surface area contributed by atoms with Crippen LogP contribution in [0, 0.1) is 5.92 Å². The Hall–Kier alpha value is -1.36. The van der Waals surface area contributed by atoms with Crippen molar-refractivity contribution >= 4 is 27.8 Å². The predicted molar refractivity (Wildman–Crippen MR) is 79.5 cm³/mol. The lowest BCUT2D eigenvalue weighted by molar-refractivity contribution is -0.143. The highest BCUT2D eigenvalue weighted by molar-refractivity contribution is 9.10. The van der Waals surface area contributed by atoms with Crippen LogP contribution in [0.4, 0.5) is 0 Å². The van der Waals surface area contributed by atoms with Gasteiger partial charge in [0.25, 0.3) is 0 Å². The van der Waals surface area contributed by atoms with Crippen LogP contribution in [0.25, 0.3) is 0 Å². The number of carbonyl (C=O) groups is 2. The summed E-state index contributed by atoms with van der Waals surface area (Å²) >= 11 is 3.37. The lowest BCUT2D eigenvalue weighted by Crippen LogP contribution is -2.48. The van der Waals surface area contributed by atoms with Gasteiger partial charge in [-0.1, -0.05) is 41.9 Å². The van der Waals surface area contributed by atoms with Crippen molar-refractivity contribution < 1.29 is 14.7 Å². The first-order valence-electron chi connectivity index (χ1n) is 6.66. The summed E-state index contributed by atoms with van der Waals surface area (Å²) in [5.74, 6) is -1.31. The molecule has 0 spiro atoms. The van der Waals surface area contributed by atoms with E-state index in [4.69, 9.17) is 5.11 Å². The molecule has 1 atom stereocenters.